The van der Waals surface area contributed by atoms with Gasteiger partial charge in [0.15, 0.2) is 0 Å². The van der Waals surface area contributed by atoms with E-state index in [1.807, 2.05) is 13.8 Å². The van der Waals surface area contributed by atoms with Crippen LogP contribution in [0.5, 0.6) is 0 Å². The van der Waals surface area contributed by atoms with Crippen LogP contribution < -0.4 is 0 Å². The highest BCUT2D eigenvalue weighted by Gasteiger charge is 1.93. The summed E-state index contributed by atoms with van der Waals surface area (Å²) in [6.07, 6.45) is 0.858. The van der Waals surface area contributed by atoms with Crippen LogP contribution in [0.3, 0.4) is 0 Å². The molecule has 58 valence electrons. The number of rotatable bonds is 4. The number of carbonyl (C=O) groups is 1. The first kappa shape index (κ1) is 9.14. The third kappa shape index (κ3) is 7.14. The monoisotopic (exact) mass is 143 g/mol. The summed E-state index contributed by atoms with van der Waals surface area (Å²) in [5.41, 5.74) is 1.00. The van der Waals surface area contributed by atoms with Crippen LogP contribution in [0.1, 0.15) is 26.7 Å². The average Bonchev–Trinajstić information content (AvgIpc) is 1.79. The molecule has 0 saturated heterocycles. The predicted molar refractivity (Wildman–Crippen MR) is 40.5 cm³/mol. The molecule has 0 aromatic rings. The summed E-state index contributed by atoms with van der Waals surface area (Å²) in [6, 6.07) is 0. The van der Waals surface area contributed by atoms with Crippen LogP contribution in [0.25, 0.3) is 0 Å². The number of aliphatic carboxylic acids is 1. The van der Waals surface area contributed by atoms with E-state index >= 15 is 0 Å². The Bertz CT molecular complexity index is 137. The highest BCUT2D eigenvalue weighted by atomic mass is 16.4. The Morgan fingerprint density at radius 1 is 1.50 bits per heavy atom. The van der Waals surface area contributed by atoms with Gasteiger partial charge in [-0.2, -0.15) is 0 Å². The van der Waals surface area contributed by atoms with Crippen molar-refractivity contribution in [2.45, 2.75) is 26.7 Å². The molecule has 0 bridgehead atoms. The van der Waals surface area contributed by atoms with Crippen molar-refractivity contribution in [2.24, 2.45) is 4.99 Å². The van der Waals surface area contributed by atoms with E-state index in [9.17, 15) is 4.79 Å². The van der Waals surface area contributed by atoms with E-state index in [1.54, 1.807) is 0 Å². The summed E-state index contributed by atoms with van der Waals surface area (Å²) in [5.74, 6) is -0.746. The topological polar surface area (TPSA) is 49.7 Å². The van der Waals surface area contributed by atoms with Gasteiger partial charge in [0.05, 0.1) is 0 Å². The van der Waals surface area contributed by atoms with Crippen molar-refractivity contribution < 1.29 is 9.90 Å². The van der Waals surface area contributed by atoms with Gasteiger partial charge >= 0.3 is 5.97 Å². The second kappa shape index (κ2) is 4.97. The van der Waals surface area contributed by atoms with Gasteiger partial charge in [0, 0.05) is 18.7 Å². The number of carboxylic acid groups (broad SMARTS) is 1. The first-order valence-electron chi connectivity index (χ1n) is 3.32. The van der Waals surface area contributed by atoms with Crippen molar-refractivity contribution in [3.05, 3.63) is 0 Å². The zero-order chi connectivity index (χ0) is 7.98. The maximum Gasteiger partial charge on any atom is 0.303 e. The van der Waals surface area contributed by atoms with Gasteiger partial charge in [-0.25, -0.2) is 0 Å². The van der Waals surface area contributed by atoms with Gasteiger partial charge in [0.1, 0.15) is 0 Å². The molecule has 0 aromatic heterocycles. The molecule has 0 aromatic carbocycles. The summed E-state index contributed by atoms with van der Waals surface area (Å²) in [7, 11) is 0. The Labute approximate surface area is 60.8 Å². The highest BCUT2D eigenvalue weighted by Crippen LogP contribution is 1.89. The molecule has 3 nitrogen and oxygen atoms in total. The number of carboxylic acids is 1. The lowest BCUT2D eigenvalue weighted by atomic mass is 10.3. The number of nitrogens with zero attached hydrogens (tertiary/aromatic N) is 1. The van der Waals surface area contributed by atoms with Crippen LogP contribution in [0.2, 0.25) is 0 Å². The van der Waals surface area contributed by atoms with Crippen molar-refractivity contribution in [1.82, 2.24) is 0 Å². The fourth-order valence-electron chi connectivity index (χ4n) is 0.533. The minimum atomic E-state index is -0.746. The minimum Gasteiger partial charge on any atom is -0.481 e. The number of hydrogen-bond acceptors (Lipinski definition) is 2. The number of hydrogen-bond donors (Lipinski definition) is 1. The zero-order valence-corrected chi connectivity index (χ0v) is 6.42. The summed E-state index contributed by atoms with van der Waals surface area (Å²) in [4.78, 5) is 14.0. The molecular formula is C7H13NO2. The van der Waals surface area contributed by atoms with Gasteiger partial charge in [-0.3, -0.25) is 9.79 Å². The van der Waals surface area contributed by atoms with Crippen molar-refractivity contribution in [3.63, 3.8) is 0 Å². The number of aliphatic imine (C=N–C) groups is 1. The van der Waals surface area contributed by atoms with Crippen LogP contribution in [-0.2, 0) is 4.79 Å². The summed E-state index contributed by atoms with van der Waals surface area (Å²) in [5, 5.41) is 8.23. The van der Waals surface area contributed by atoms with E-state index < -0.39 is 5.97 Å². The molecule has 0 aliphatic rings. The highest BCUT2D eigenvalue weighted by molar-refractivity contribution is 5.79. The van der Waals surface area contributed by atoms with Gasteiger partial charge in [-0.1, -0.05) is 0 Å². The first-order valence-corrected chi connectivity index (χ1v) is 3.32. The quantitative estimate of drug-likeness (QED) is 0.476. The standard InChI is InChI=1S/C7H13NO2/c1-6(2)8-5-3-4-7(9)10/h3-5H2,1-2H3,(H,9,10). The molecule has 10 heavy (non-hydrogen) atoms. The average molecular weight is 143 g/mol. The van der Waals surface area contributed by atoms with Crippen LogP contribution in [-0.4, -0.2) is 23.3 Å². The van der Waals surface area contributed by atoms with Crippen LogP contribution >= 0.6 is 0 Å². The molecule has 3 heteroatoms. The van der Waals surface area contributed by atoms with Gasteiger partial charge < -0.3 is 5.11 Å². The Morgan fingerprint density at radius 3 is 2.50 bits per heavy atom. The molecule has 0 fully saturated rings. The van der Waals surface area contributed by atoms with E-state index in [0.717, 1.165) is 5.71 Å². The lowest BCUT2D eigenvalue weighted by Gasteiger charge is -1.91. The third-order valence-electron chi connectivity index (χ3n) is 0.977. The predicted octanol–water partition coefficient (Wildman–Crippen LogP) is 1.33. The minimum absolute atomic E-state index is 0.219. The largest absolute Gasteiger partial charge is 0.481 e. The molecule has 1 N–H and O–H groups in total. The van der Waals surface area contributed by atoms with Gasteiger partial charge in [-0.05, 0) is 20.3 Å². The van der Waals surface area contributed by atoms with E-state index in [-0.39, 0.29) is 6.42 Å². The third-order valence-corrected chi connectivity index (χ3v) is 0.977. The second-order valence-electron chi connectivity index (χ2n) is 2.33. The maximum atomic E-state index is 10.00. The summed E-state index contributed by atoms with van der Waals surface area (Å²) >= 11 is 0. The Morgan fingerprint density at radius 2 is 2.10 bits per heavy atom. The first-order chi connectivity index (χ1) is 4.63. The fourth-order valence-corrected chi connectivity index (χ4v) is 0.533. The van der Waals surface area contributed by atoms with Gasteiger partial charge in [0.25, 0.3) is 0 Å². The second-order valence-corrected chi connectivity index (χ2v) is 2.33. The molecule has 0 rings (SSSR count). The van der Waals surface area contributed by atoms with Crippen molar-refractivity contribution in [2.75, 3.05) is 6.54 Å². The Balaban J connectivity index is 3.21. The van der Waals surface area contributed by atoms with Crippen LogP contribution in [0.4, 0.5) is 0 Å². The fraction of sp³-hybridized carbons (Fsp3) is 0.714. The molecule has 0 amide bonds. The van der Waals surface area contributed by atoms with E-state index in [2.05, 4.69) is 4.99 Å². The zero-order valence-electron chi connectivity index (χ0n) is 6.42. The molecule has 0 saturated carbocycles. The normalized spacial score (nSPS) is 9.00. The molecular weight excluding hydrogens is 130 g/mol. The Kier molecular flexibility index (Phi) is 4.54. The van der Waals surface area contributed by atoms with E-state index in [4.69, 9.17) is 5.11 Å². The summed E-state index contributed by atoms with van der Waals surface area (Å²) < 4.78 is 0. The molecule has 0 spiro atoms. The summed E-state index contributed by atoms with van der Waals surface area (Å²) in [6.45, 7) is 4.44. The molecule has 0 radical (unpaired) electrons. The van der Waals surface area contributed by atoms with Crippen LogP contribution in [0.15, 0.2) is 4.99 Å². The maximum absolute atomic E-state index is 10.00. The van der Waals surface area contributed by atoms with Crippen molar-refractivity contribution in [3.8, 4) is 0 Å². The molecule has 0 aliphatic heterocycles. The van der Waals surface area contributed by atoms with Crippen molar-refractivity contribution in [1.29, 1.82) is 0 Å². The smallest absolute Gasteiger partial charge is 0.303 e. The SMILES string of the molecule is CC(C)=NCCCC(=O)O. The van der Waals surface area contributed by atoms with Crippen LogP contribution in [0, 0.1) is 0 Å². The lowest BCUT2D eigenvalue weighted by molar-refractivity contribution is -0.137. The molecule has 0 unspecified atom stereocenters. The molecule has 0 atom stereocenters. The van der Waals surface area contributed by atoms with Gasteiger partial charge in [0.2, 0.25) is 0 Å². The van der Waals surface area contributed by atoms with Gasteiger partial charge in [-0.15, -0.1) is 0 Å². The Hall–Kier alpha value is -0.860. The van der Waals surface area contributed by atoms with E-state index in [0.29, 0.717) is 13.0 Å². The molecule has 0 aliphatic carbocycles. The molecule has 0 heterocycles. The lowest BCUT2D eigenvalue weighted by Crippen LogP contribution is -1.96. The van der Waals surface area contributed by atoms with E-state index in [1.165, 1.54) is 0 Å². The van der Waals surface area contributed by atoms with Crippen molar-refractivity contribution >= 4 is 11.7 Å².